The van der Waals surface area contributed by atoms with E-state index in [9.17, 15) is 19.8 Å². The van der Waals surface area contributed by atoms with Gasteiger partial charge >= 0.3 is 11.9 Å². The lowest BCUT2D eigenvalue weighted by Crippen LogP contribution is -2.27. The zero-order valence-corrected chi connectivity index (χ0v) is 28.5. The minimum atomic E-state index is -0.962. The molecule has 0 heterocycles. The van der Waals surface area contributed by atoms with Crippen molar-refractivity contribution in [3.8, 4) is 17.2 Å². The zero-order chi connectivity index (χ0) is 33.7. The minimum Gasteiger partial charge on any atom is -0.507 e. The second-order valence-electron chi connectivity index (χ2n) is 15.3. The molecule has 2 atom stereocenters. The number of aliphatic imine (C=N–C) groups is 2. The number of phenols is 2. The van der Waals surface area contributed by atoms with Gasteiger partial charge in [-0.25, -0.2) is 0 Å². The number of aliphatic carboxylic acids is 1. The number of ether oxygens (including phenoxy) is 1. The Bertz CT molecular complexity index is 1440. The standard InChI is InChI=1S/C37H52N2O6/c1-35(2,3)25-17-23(33(43)27(19-25)36(4,5)6)21-38-29-13-10-11-14-30(29)39-22-24-18-26(20-28(34(24)44)37(7,8)9)45-32(42)16-12-15-31(40)41/h17-22,29-30,43-44H,10-16H2,1-9H3,(H,40,41)/t29-,30-/m1/s1. The molecule has 0 aromatic heterocycles. The molecule has 0 bridgehead atoms. The van der Waals surface area contributed by atoms with Gasteiger partial charge in [0.2, 0.25) is 0 Å². The van der Waals surface area contributed by atoms with Crippen LogP contribution >= 0.6 is 0 Å². The molecular weight excluding hydrogens is 568 g/mol. The first-order valence-electron chi connectivity index (χ1n) is 16.0. The second kappa shape index (κ2) is 14.2. The number of carbonyl (C=O) groups excluding carboxylic acids is 1. The van der Waals surface area contributed by atoms with Gasteiger partial charge in [0, 0.05) is 47.5 Å². The van der Waals surface area contributed by atoms with Crippen LogP contribution in [0.5, 0.6) is 17.2 Å². The first kappa shape index (κ1) is 35.8. The zero-order valence-electron chi connectivity index (χ0n) is 28.5. The van der Waals surface area contributed by atoms with Gasteiger partial charge in [-0.3, -0.25) is 19.6 Å². The average Bonchev–Trinajstić information content (AvgIpc) is 2.90. The number of carboxylic acid groups (broad SMARTS) is 1. The van der Waals surface area contributed by atoms with Gasteiger partial charge in [-0.1, -0.05) is 81.2 Å². The van der Waals surface area contributed by atoms with Crippen molar-refractivity contribution in [1.29, 1.82) is 0 Å². The highest BCUT2D eigenvalue weighted by atomic mass is 16.5. The van der Waals surface area contributed by atoms with Crippen LogP contribution in [0.3, 0.4) is 0 Å². The number of hydrogen-bond acceptors (Lipinski definition) is 7. The Morgan fingerprint density at radius 1 is 0.756 bits per heavy atom. The van der Waals surface area contributed by atoms with Gasteiger partial charge in [0.1, 0.15) is 17.2 Å². The molecule has 246 valence electrons. The molecule has 1 fully saturated rings. The molecule has 45 heavy (non-hydrogen) atoms. The number of benzene rings is 2. The fraction of sp³-hybridized carbons (Fsp3) is 0.568. The van der Waals surface area contributed by atoms with Crippen LogP contribution in [0.25, 0.3) is 0 Å². The first-order valence-corrected chi connectivity index (χ1v) is 16.0. The highest BCUT2D eigenvalue weighted by molar-refractivity contribution is 5.87. The number of rotatable bonds is 9. The van der Waals surface area contributed by atoms with Crippen molar-refractivity contribution >= 4 is 24.4 Å². The SMILES string of the molecule is CC(C)(C)c1cc(C=N[C@@H]2CCCC[C@H]2N=Cc2cc(OC(=O)CCCC(=O)O)cc(C(C)(C)C)c2O)c(O)c(C(C)(C)C)c1. The third kappa shape index (κ3) is 9.90. The lowest BCUT2D eigenvalue weighted by molar-refractivity contribution is -0.137. The summed E-state index contributed by atoms with van der Waals surface area (Å²) in [5.74, 6) is -0.881. The molecule has 0 aliphatic heterocycles. The van der Waals surface area contributed by atoms with Crippen molar-refractivity contribution < 1.29 is 29.6 Å². The minimum absolute atomic E-state index is 0.0192. The highest BCUT2D eigenvalue weighted by Gasteiger charge is 2.27. The summed E-state index contributed by atoms with van der Waals surface area (Å²) >= 11 is 0. The Morgan fingerprint density at radius 2 is 1.24 bits per heavy atom. The van der Waals surface area contributed by atoms with Gasteiger partial charge in [0.15, 0.2) is 0 Å². The van der Waals surface area contributed by atoms with E-state index in [1.807, 2.05) is 26.8 Å². The van der Waals surface area contributed by atoms with E-state index in [0.717, 1.165) is 36.8 Å². The number of carbonyl (C=O) groups is 2. The van der Waals surface area contributed by atoms with Crippen LogP contribution < -0.4 is 4.74 Å². The van der Waals surface area contributed by atoms with Crippen molar-refractivity contribution in [3.05, 3.63) is 52.1 Å². The molecule has 0 spiro atoms. The Kier molecular flexibility index (Phi) is 11.3. The summed E-state index contributed by atoms with van der Waals surface area (Å²) in [5, 5.41) is 31.3. The lowest BCUT2D eigenvalue weighted by atomic mass is 9.79. The molecule has 1 saturated carbocycles. The summed E-state index contributed by atoms with van der Waals surface area (Å²) in [6.45, 7) is 18.6. The summed E-state index contributed by atoms with van der Waals surface area (Å²) < 4.78 is 5.55. The number of nitrogens with zero attached hydrogens (tertiary/aromatic N) is 2. The van der Waals surface area contributed by atoms with Crippen LogP contribution in [0.4, 0.5) is 0 Å². The fourth-order valence-electron chi connectivity index (χ4n) is 5.48. The maximum absolute atomic E-state index is 12.4. The van der Waals surface area contributed by atoms with Crippen molar-refractivity contribution in [2.45, 2.75) is 136 Å². The number of aromatic hydroxyl groups is 2. The van der Waals surface area contributed by atoms with E-state index in [1.54, 1.807) is 24.6 Å². The van der Waals surface area contributed by atoms with Gasteiger partial charge < -0.3 is 20.1 Å². The van der Waals surface area contributed by atoms with Gasteiger partial charge in [-0.05, 0) is 59.3 Å². The molecule has 0 radical (unpaired) electrons. The molecule has 3 rings (SSSR count). The summed E-state index contributed by atoms with van der Waals surface area (Å²) in [6.07, 6.45) is 7.23. The molecule has 2 aromatic carbocycles. The monoisotopic (exact) mass is 620 g/mol. The Morgan fingerprint density at radius 3 is 1.71 bits per heavy atom. The first-order chi connectivity index (χ1) is 20.8. The van der Waals surface area contributed by atoms with Crippen molar-refractivity contribution in [3.63, 3.8) is 0 Å². The fourth-order valence-corrected chi connectivity index (χ4v) is 5.48. The summed E-state index contributed by atoms with van der Waals surface area (Å²) in [5.41, 5.74) is 3.01. The maximum atomic E-state index is 12.4. The smallest absolute Gasteiger partial charge is 0.311 e. The van der Waals surface area contributed by atoms with Gasteiger partial charge in [0.05, 0.1) is 12.1 Å². The van der Waals surface area contributed by atoms with Crippen LogP contribution in [0.15, 0.2) is 34.3 Å². The van der Waals surface area contributed by atoms with E-state index in [-0.39, 0.29) is 59.4 Å². The Balaban J connectivity index is 1.93. The largest absolute Gasteiger partial charge is 0.507 e. The van der Waals surface area contributed by atoms with Crippen molar-refractivity contribution in [1.82, 2.24) is 0 Å². The predicted molar refractivity (Wildman–Crippen MR) is 181 cm³/mol. The number of carboxylic acids is 1. The van der Waals surface area contributed by atoms with E-state index in [0.29, 0.717) is 16.7 Å². The summed E-state index contributed by atoms with van der Waals surface area (Å²) in [4.78, 5) is 33.1. The number of hydrogen-bond donors (Lipinski definition) is 3. The molecule has 0 amide bonds. The lowest BCUT2D eigenvalue weighted by Gasteiger charge is -2.28. The topological polar surface area (TPSA) is 129 Å². The quantitative estimate of drug-likeness (QED) is 0.148. The molecule has 1 aliphatic rings. The van der Waals surface area contributed by atoms with E-state index >= 15 is 0 Å². The Labute approximate surface area is 268 Å². The van der Waals surface area contributed by atoms with E-state index in [2.05, 4.69) is 47.6 Å². The summed E-state index contributed by atoms with van der Waals surface area (Å²) in [6, 6.07) is 7.15. The van der Waals surface area contributed by atoms with Crippen LogP contribution in [-0.2, 0) is 25.8 Å². The average molecular weight is 621 g/mol. The molecular formula is C37H52N2O6. The summed E-state index contributed by atoms with van der Waals surface area (Å²) in [7, 11) is 0. The van der Waals surface area contributed by atoms with Crippen molar-refractivity contribution in [2.75, 3.05) is 0 Å². The third-order valence-electron chi connectivity index (χ3n) is 8.24. The van der Waals surface area contributed by atoms with Gasteiger partial charge in [-0.15, -0.1) is 0 Å². The third-order valence-corrected chi connectivity index (χ3v) is 8.24. The van der Waals surface area contributed by atoms with Crippen LogP contribution in [0.2, 0.25) is 0 Å². The van der Waals surface area contributed by atoms with E-state index < -0.39 is 17.4 Å². The highest BCUT2D eigenvalue weighted by Crippen LogP contribution is 2.38. The van der Waals surface area contributed by atoms with Crippen molar-refractivity contribution in [2.24, 2.45) is 9.98 Å². The predicted octanol–water partition coefficient (Wildman–Crippen LogP) is 8.00. The molecule has 0 saturated heterocycles. The molecule has 3 N–H and O–H groups in total. The van der Waals surface area contributed by atoms with Gasteiger partial charge in [0.25, 0.3) is 0 Å². The van der Waals surface area contributed by atoms with E-state index in [1.165, 1.54) is 0 Å². The maximum Gasteiger partial charge on any atom is 0.311 e. The second-order valence-corrected chi connectivity index (χ2v) is 15.3. The van der Waals surface area contributed by atoms with E-state index in [4.69, 9.17) is 19.8 Å². The molecule has 2 aromatic rings. The van der Waals surface area contributed by atoms with Gasteiger partial charge in [-0.2, -0.15) is 0 Å². The molecule has 8 nitrogen and oxygen atoms in total. The number of esters is 1. The molecule has 0 unspecified atom stereocenters. The van der Waals surface area contributed by atoms with Crippen LogP contribution in [0, 0.1) is 0 Å². The number of phenolic OH excluding ortho intramolecular Hbond substituents is 2. The Hall–Kier alpha value is -3.68. The molecule has 8 heteroatoms. The molecule has 1 aliphatic carbocycles. The van der Waals surface area contributed by atoms with Crippen LogP contribution in [0.1, 0.15) is 135 Å². The van der Waals surface area contributed by atoms with Crippen LogP contribution in [-0.4, -0.2) is 51.8 Å². The normalized spacial score (nSPS) is 18.1.